The summed E-state index contributed by atoms with van der Waals surface area (Å²) in [5.74, 6) is 0.174. The maximum atomic E-state index is 9.70. The molecule has 0 saturated heterocycles. The molecule has 3 heteroatoms. The van der Waals surface area contributed by atoms with Crippen molar-refractivity contribution in [2.24, 2.45) is 0 Å². The zero-order valence-corrected chi connectivity index (χ0v) is 9.26. The lowest BCUT2D eigenvalue weighted by Gasteiger charge is -2.06. The molecular formula is C12H8Cl2O. The zero-order chi connectivity index (χ0) is 10.8. The third-order valence-electron chi connectivity index (χ3n) is 2.12. The Labute approximate surface area is 97.9 Å². The van der Waals surface area contributed by atoms with Crippen LogP contribution in [0.4, 0.5) is 0 Å². The molecule has 1 nitrogen and oxygen atoms in total. The van der Waals surface area contributed by atoms with E-state index in [9.17, 15) is 5.11 Å². The summed E-state index contributed by atoms with van der Waals surface area (Å²) in [5, 5.41) is 10.9. The molecule has 0 aliphatic rings. The molecule has 0 atom stereocenters. The number of hydrogen-bond donors (Lipinski definition) is 1. The lowest BCUT2D eigenvalue weighted by Crippen LogP contribution is -1.80. The first-order valence-electron chi connectivity index (χ1n) is 4.42. The molecule has 0 amide bonds. The molecule has 0 spiro atoms. The standard InChI is InChI=1S/C12H8Cl2O/c13-8-5-6-12(15)10(7-8)9-3-1-2-4-11(9)14/h1-7,15H. The summed E-state index contributed by atoms with van der Waals surface area (Å²) in [6.45, 7) is 0. The van der Waals surface area contributed by atoms with E-state index >= 15 is 0 Å². The van der Waals surface area contributed by atoms with E-state index in [1.807, 2.05) is 18.2 Å². The van der Waals surface area contributed by atoms with Crippen LogP contribution in [0.3, 0.4) is 0 Å². The van der Waals surface area contributed by atoms with E-state index in [0.29, 0.717) is 15.6 Å². The third kappa shape index (κ3) is 2.09. The van der Waals surface area contributed by atoms with Gasteiger partial charge in [-0.3, -0.25) is 0 Å². The molecule has 0 aliphatic heterocycles. The molecule has 0 aromatic heterocycles. The van der Waals surface area contributed by atoms with Crippen molar-refractivity contribution in [2.45, 2.75) is 0 Å². The molecule has 0 fully saturated rings. The number of halogens is 2. The average Bonchev–Trinajstić information content (AvgIpc) is 2.23. The maximum absolute atomic E-state index is 9.70. The van der Waals surface area contributed by atoms with Crippen LogP contribution in [-0.2, 0) is 0 Å². The number of benzene rings is 2. The van der Waals surface area contributed by atoms with Gasteiger partial charge in [0, 0.05) is 21.2 Å². The Balaban J connectivity index is 2.64. The Morgan fingerprint density at radius 3 is 2.33 bits per heavy atom. The van der Waals surface area contributed by atoms with E-state index in [4.69, 9.17) is 23.2 Å². The molecule has 76 valence electrons. The minimum Gasteiger partial charge on any atom is -0.507 e. The van der Waals surface area contributed by atoms with Crippen molar-refractivity contribution >= 4 is 23.2 Å². The summed E-state index contributed by atoms with van der Waals surface area (Å²) in [6.07, 6.45) is 0. The van der Waals surface area contributed by atoms with Gasteiger partial charge >= 0.3 is 0 Å². The molecule has 0 unspecified atom stereocenters. The van der Waals surface area contributed by atoms with Gasteiger partial charge in [-0.1, -0.05) is 41.4 Å². The normalized spacial score (nSPS) is 10.3. The van der Waals surface area contributed by atoms with E-state index in [2.05, 4.69) is 0 Å². The molecule has 2 rings (SSSR count). The van der Waals surface area contributed by atoms with Crippen molar-refractivity contribution in [3.63, 3.8) is 0 Å². The first kappa shape index (κ1) is 10.3. The second kappa shape index (κ2) is 4.13. The van der Waals surface area contributed by atoms with Crippen LogP contribution in [0.2, 0.25) is 10.0 Å². The van der Waals surface area contributed by atoms with Crippen molar-refractivity contribution in [3.8, 4) is 16.9 Å². The SMILES string of the molecule is Oc1ccc(Cl)cc1-c1ccccc1Cl. The number of hydrogen-bond acceptors (Lipinski definition) is 1. The van der Waals surface area contributed by atoms with Crippen LogP contribution in [-0.4, -0.2) is 5.11 Å². The Morgan fingerprint density at radius 2 is 1.60 bits per heavy atom. The van der Waals surface area contributed by atoms with Crippen LogP contribution < -0.4 is 0 Å². The Bertz CT molecular complexity index is 495. The van der Waals surface area contributed by atoms with Crippen LogP contribution in [0.1, 0.15) is 0 Å². The van der Waals surface area contributed by atoms with Gasteiger partial charge in [0.2, 0.25) is 0 Å². The topological polar surface area (TPSA) is 20.2 Å². The second-order valence-electron chi connectivity index (χ2n) is 3.14. The summed E-state index contributed by atoms with van der Waals surface area (Å²) >= 11 is 11.9. The Hall–Kier alpha value is -1.18. The third-order valence-corrected chi connectivity index (χ3v) is 2.69. The highest BCUT2D eigenvalue weighted by molar-refractivity contribution is 6.34. The van der Waals surface area contributed by atoms with Crippen molar-refractivity contribution in [1.82, 2.24) is 0 Å². The zero-order valence-electron chi connectivity index (χ0n) is 7.74. The van der Waals surface area contributed by atoms with Gasteiger partial charge in [0.15, 0.2) is 0 Å². The monoisotopic (exact) mass is 238 g/mol. The van der Waals surface area contributed by atoms with Crippen LogP contribution in [0.25, 0.3) is 11.1 Å². The second-order valence-corrected chi connectivity index (χ2v) is 3.98. The smallest absolute Gasteiger partial charge is 0.123 e. The lowest BCUT2D eigenvalue weighted by atomic mass is 10.0. The quantitative estimate of drug-likeness (QED) is 0.783. The van der Waals surface area contributed by atoms with Crippen LogP contribution in [0, 0.1) is 0 Å². The van der Waals surface area contributed by atoms with Crippen LogP contribution in [0.15, 0.2) is 42.5 Å². The summed E-state index contributed by atoms with van der Waals surface area (Å²) in [7, 11) is 0. The molecule has 0 saturated carbocycles. The van der Waals surface area contributed by atoms with E-state index in [1.165, 1.54) is 0 Å². The van der Waals surface area contributed by atoms with Crippen molar-refractivity contribution < 1.29 is 5.11 Å². The lowest BCUT2D eigenvalue weighted by molar-refractivity contribution is 0.477. The molecule has 1 N–H and O–H groups in total. The van der Waals surface area contributed by atoms with Crippen molar-refractivity contribution in [1.29, 1.82) is 0 Å². The van der Waals surface area contributed by atoms with Gasteiger partial charge in [0.25, 0.3) is 0 Å². The van der Waals surface area contributed by atoms with Crippen molar-refractivity contribution in [2.75, 3.05) is 0 Å². The fourth-order valence-corrected chi connectivity index (χ4v) is 1.81. The predicted octanol–water partition coefficient (Wildman–Crippen LogP) is 4.37. The highest BCUT2D eigenvalue weighted by Gasteiger charge is 2.07. The summed E-state index contributed by atoms with van der Waals surface area (Å²) in [6, 6.07) is 12.2. The molecule has 15 heavy (non-hydrogen) atoms. The minimum absolute atomic E-state index is 0.174. The summed E-state index contributed by atoms with van der Waals surface area (Å²) in [5.41, 5.74) is 1.42. The van der Waals surface area contributed by atoms with Gasteiger partial charge < -0.3 is 5.11 Å². The largest absolute Gasteiger partial charge is 0.507 e. The molecule has 2 aromatic carbocycles. The van der Waals surface area contributed by atoms with Gasteiger partial charge in [0.05, 0.1) is 0 Å². The van der Waals surface area contributed by atoms with E-state index in [1.54, 1.807) is 24.3 Å². The minimum atomic E-state index is 0.174. The van der Waals surface area contributed by atoms with Crippen molar-refractivity contribution in [3.05, 3.63) is 52.5 Å². The maximum Gasteiger partial charge on any atom is 0.123 e. The average molecular weight is 239 g/mol. The predicted molar refractivity (Wildman–Crippen MR) is 63.6 cm³/mol. The highest BCUT2D eigenvalue weighted by Crippen LogP contribution is 2.35. The van der Waals surface area contributed by atoms with Gasteiger partial charge in [-0.05, 0) is 24.3 Å². The first-order valence-corrected chi connectivity index (χ1v) is 5.17. The van der Waals surface area contributed by atoms with E-state index in [-0.39, 0.29) is 5.75 Å². The van der Waals surface area contributed by atoms with Gasteiger partial charge in [-0.25, -0.2) is 0 Å². The number of phenols is 1. The van der Waals surface area contributed by atoms with Gasteiger partial charge in [0.1, 0.15) is 5.75 Å². The summed E-state index contributed by atoms with van der Waals surface area (Å²) < 4.78 is 0. The molecule has 0 radical (unpaired) electrons. The number of aromatic hydroxyl groups is 1. The van der Waals surface area contributed by atoms with Crippen LogP contribution >= 0.6 is 23.2 Å². The fraction of sp³-hybridized carbons (Fsp3) is 0. The molecule has 2 aromatic rings. The molecular weight excluding hydrogens is 231 g/mol. The first-order chi connectivity index (χ1) is 7.18. The molecule has 0 heterocycles. The summed E-state index contributed by atoms with van der Waals surface area (Å²) in [4.78, 5) is 0. The fourth-order valence-electron chi connectivity index (χ4n) is 1.40. The van der Waals surface area contributed by atoms with E-state index in [0.717, 1.165) is 5.56 Å². The highest BCUT2D eigenvalue weighted by atomic mass is 35.5. The van der Waals surface area contributed by atoms with Gasteiger partial charge in [-0.2, -0.15) is 0 Å². The van der Waals surface area contributed by atoms with E-state index < -0.39 is 0 Å². The molecule has 0 bridgehead atoms. The Kier molecular flexibility index (Phi) is 2.85. The number of rotatable bonds is 1. The Morgan fingerprint density at radius 1 is 0.867 bits per heavy atom. The molecule has 0 aliphatic carbocycles. The van der Waals surface area contributed by atoms with Gasteiger partial charge in [-0.15, -0.1) is 0 Å². The number of phenolic OH excluding ortho intramolecular Hbond substituents is 1. The van der Waals surface area contributed by atoms with Crippen LogP contribution in [0.5, 0.6) is 5.75 Å².